The fourth-order valence-corrected chi connectivity index (χ4v) is 3.82. The van der Waals surface area contributed by atoms with Crippen molar-refractivity contribution in [1.29, 1.82) is 0 Å². The van der Waals surface area contributed by atoms with Gasteiger partial charge in [-0.1, -0.05) is 42.0 Å². The van der Waals surface area contributed by atoms with Gasteiger partial charge in [0.2, 0.25) is 0 Å². The van der Waals surface area contributed by atoms with Gasteiger partial charge in [-0.3, -0.25) is 4.79 Å². The maximum Gasteiger partial charge on any atom is 0.339 e. The maximum atomic E-state index is 12.5. The molecule has 3 aromatic rings. The number of hydrazone groups is 1. The van der Waals surface area contributed by atoms with Crippen molar-refractivity contribution >= 4 is 38.2 Å². The molecule has 0 heterocycles. The van der Waals surface area contributed by atoms with Crippen LogP contribution in [-0.4, -0.2) is 20.5 Å². The lowest BCUT2D eigenvalue weighted by Gasteiger charge is -2.09. The van der Waals surface area contributed by atoms with E-state index in [0.717, 1.165) is 5.56 Å². The number of carbonyl (C=O) groups is 1. The number of hydrogen-bond donors (Lipinski definition) is 1. The quantitative estimate of drug-likeness (QED) is 0.329. The van der Waals surface area contributed by atoms with E-state index in [-0.39, 0.29) is 10.6 Å². The smallest absolute Gasteiger partial charge is 0.339 e. The molecular weight excluding hydrogens is 456 g/mol. The van der Waals surface area contributed by atoms with Gasteiger partial charge in [0.15, 0.2) is 5.75 Å². The Morgan fingerprint density at radius 3 is 2.38 bits per heavy atom. The van der Waals surface area contributed by atoms with Crippen molar-refractivity contribution in [2.24, 2.45) is 5.10 Å². The van der Waals surface area contributed by atoms with E-state index in [4.69, 9.17) is 4.18 Å². The van der Waals surface area contributed by atoms with Gasteiger partial charge >= 0.3 is 10.1 Å². The average Bonchev–Trinajstić information content (AvgIpc) is 2.69. The third kappa shape index (κ3) is 5.30. The first-order valence-electron chi connectivity index (χ1n) is 8.55. The van der Waals surface area contributed by atoms with E-state index < -0.39 is 16.0 Å². The molecule has 8 heteroatoms. The Kier molecular flexibility index (Phi) is 6.46. The molecule has 0 fully saturated rings. The Bertz CT molecular complexity index is 1160. The van der Waals surface area contributed by atoms with Gasteiger partial charge in [0.25, 0.3) is 5.91 Å². The second-order valence-electron chi connectivity index (χ2n) is 6.07. The van der Waals surface area contributed by atoms with Gasteiger partial charge in [0, 0.05) is 10.0 Å². The molecule has 3 aromatic carbocycles. The van der Waals surface area contributed by atoms with Crippen LogP contribution in [0, 0.1) is 6.92 Å². The van der Waals surface area contributed by atoms with E-state index in [1.165, 1.54) is 24.4 Å². The van der Waals surface area contributed by atoms with E-state index in [9.17, 15) is 13.2 Å². The Hall–Kier alpha value is -2.97. The normalized spacial score (nSPS) is 11.4. The molecule has 0 radical (unpaired) electrons. The lowest BCUT2D eigenvalue weighted by molar-refractivity contribution is 0.0954. The van der Waals surface area contributed by atoms with Crippen molar-refractivity contribution in [3.05, 3.63) is 94.0 Å². The summed E-state index contributed by atoms with van der Waals surface area (Å²) in [6, 6.07) is 19.8. The number of para-hydroxylation sites is 1. The predicted molar refractivity (Wildman–Crippen MR) is 115 cm³/mol. The summed E-state index contributed by atoms with van der Waals surface area (Å²) >= 11 is 3.31. The van der Waals surface area contributed by atoms with E-state index in [0.29, 0.717) is 15.6 Å². The standard InChI is InChI=1S/C21H17BrN2O4S/c1-15-10-12-17(13-11-15)29(26,27)28-20-9-5-2-6-16(20)14-23-24-21(25)18-7-3-4-8-19(18)22/h2-14H,1H3,(H,24,25)/b23-14+. The second kappa shape index (κ2) is 9.02. The molecule has 0 atom stereocenters. The van der Waals surface area contributed by atoms with Crippen LogP contribution in [0.1, 0.15) is 21.5 Å². The highest BCUT2D eigenvalue weighted by molar-refractivity contribution is 9.10. The summed E-state index contributed by atoms with van der Waals surface area (Å²) in [6.45, 7) is 1.87. The van der Waals surface area contributed by atoms with Crippen molar-refractivity contribution in [2.75, 3.05) is 0 Å². The molecule has 0 bridgehead atoms. The summed E-state index contributed by atoms with van der Waals surface area (Å²) in [5.74, 6) is -0.300. The molecule has 1 amide bonds. The highest BCUT2D eigenvalue weighted by Crippen LogP contribution is 2.22. The number of nitrogens with zero attached hydrogens (tertiary/aromatic N) is 1. The van der Waals surface area contributed by atoms with E-state index in [1.807, 2.05) is 6.92 Å². The zero-order valence-electron chi connectivity index (χ0n) is 15.4. The van der Waals surface area contributed by atoms with Crippen LogP contribution in [0.25, 0.3) is 0 Å². The fraction of sp³-hybridized carbons (Fsp3) is 0.0476. The van der Waals surface area contributed by atoms with Crippen molar-refractivity contribution in [3.8, 4) is 5.75 Å². The largest absolute Gasteiger partial charge is 0.378 e. The minimum absolute atomic E-state index is 0.0528. The van der Waals surface area contributed by atoms with Gasteiger partial charge in [0.05, 0.1) is 11.8 Å². The van der Waals surface area contributed by atoms with Crippen molar-refractivity contribution < 1.29 is 17.4 Å². The Balaban J connectivity index is 1.77. The van der Waals surface area contributed by atoms with E-state index in [1.54, 1.807) is 54.6 Å². The first kappa shape index (κ1) is 20.8. The summed E-state index contributed by atoms with van der Waals surface area (Å²) in [7, 11) is -4.00. The molecule has 0 aliphatic carbocycles. The van der Waals surface area contributed by atoms with Crippen LogP contribution < -0.4 is 9.61 Å². The van der Waals surface area contributed by atoms with Crippen LogP contribution in [0.2, 0.25) is 0 Å². The van der Waals surface area contributed by atoms with Crippen molar-refractivity contribution in [1.82, 2.24) is 5.43 Å². The number of hydrogen-bond acceptors (Lipinski definition) is 5. The number of carbonyl (C=O) groups excluding carboxylic acids is 1. The third-order valence-corrected chi connectivity index (χ3v) is 5.86. The number of nitrogens with one attached hydrogen (secondary N) is 1. The number of amides is 1. The molecule has 0 saturated carbocycles. The van der Waals surface area contributed by atoms with E-state index in [2.05, 4.69) is 26.5 Å². The molecule has 0 spiro atoms. The van der Waals surface area contributed by atoms with Gasteiger partial charge in [0.1, 0.15) is 4.90 Å². The second-order valence-corrected chi connectivity index (χ2v) is 8.47. The van der Waals surface area contributed by atoms with Gasteiger partial charge < -0.3 is 4.18 Å². The summed E-state index contributed by atoms with van der Waals surface area (Å²) in [6.07, 6.45) is 1.33. The lowest BCUT2D eigenvalue weighted by atomic mass is 10.2. The Morgan fingerprint density at radius 1 is 1.00 bits per heavy atom. The molecule has 0 unspecified atom stereocenters. The molecule has 29 heavy (non-hydrogen) atoms. The van der Waals surface area contributed by atoms with Crippen LogP contribution in [-0.2, 0) is 10.1 Å². The van der Waals surface area contributed by atoms with Crippen molar-refractivity contribution in [2.45, 2.75) is 11.8 Å². The zero-order valence-corrected chi connectivity index (χ0v) is 17.8. The number of benzene rings is 3. The SMILES string of the molecule is Cc1ccc(S(=O)(=O)Oc2ccccc2/C=N/NC(=O)c2ccccc2Br)cc1. The molecule has 148 valence electrons. The first-order valence-corrected chi connectivity index (χ1v) is 10.7. The summed E-state index contributed by atoms with van der Waals surface area (Å²) in [5, 5.41) is 3.91. The summed E-state index contributed by atoms with van der Waals surface area (Å²) < 4.78 is 31.0. The fourth-order valence-electron chi connectivity index (χ4n) is 2.40. The van der Waals surface area contributed by atoms with Gasteiger partial charge in [-0.15, -0.1) is 0 Å². The van der Waals surface area contributed by atoms with Gasteiger partial charge in [-0.25, -0.2) is 5.43 Å². The maximum absolute atomic E-state index is 12.5. The minimum atomic E-state index is -4.00. The van der Waals surface area contributed by atoms with Gasteiger partial charge in [-0.2, -0.15) is 13.5 Å². The zero-order chi connectivity index (χ0) is 20.9. The third-order valence-electron chi connectivity index (χ3n) is 3.92. The topological polar surface area (TPSA) is 84.8 Å². The Morgan fingerprint density at radius 2 is 1.66 bits per heavy atom. The lowest BCUT2D eigenvalue weighted by Crippen LogP contribution is -2.18. The molecule has 0 aromatic heterocycles. The number of rotatable bonds is 6. The summed E-state index contributed by atoms with van der Waals surface area (Å²) in [4.78, 5) is 12.3. The summed E-state index contributed by atoms with van der Waals surface area (Å²) in [5.41, 5.74) is 4.18. The van der Waals surface area contributed by atoms with Crippen molar-refractivity contribution in [3.63, 3.8) is 0 Å². The molecule has 3 rings (SSSR count). The Labute approximate surface area is 177 Å². The molecule has 6 nitrogen and oxygen atoms in total. The molecule has 0 aliphatic rings. The van der Waals surface area contributed by atoms with E-state index >= 15 is 0 Å². The van der Waals surface area contributed by atoms with Crippen LogP contribution in [0.4, 0.5) is 0 Å². The van der Waals surface area contributed by atoms with Crippen LogP contribution in [0.5, 0.6) is 5.75 Å². The average molecular weight is 473 g/mol. The van der Waals surface area contributed by atoms with Crippen LogP contribution in [0.15, 0.2) is 87.3 Å². The first-order chi connectivity index (χ1) is 13.9. The van der Waals surface area contributed by atoms with Crippen LogP contribution >= 0.6 is 15.9 Å². The molecule has 0 aliphatic heterocycles. The number of aryl methyl sites for hydroxylation is 1. The van der Waals surface area contributed by atoms with Gasteiger partial charge in [-0.05, 0) is 59.3 Å². The highest BCUT2D eigenvalue weighted by atomic mass is 79.9. The number of halogens is 1. The molecule has 0 saturated heterocycles. The molecule has 1 N–H and O–H groups in total. The monoisotopic (exact) mass is 472 g/mol. The molecular formula is C21H17BrN2O4S. The highest BCUT2D eigenvalue weighted by Gasteiger charge is 2.18. The minimum Gasteiger partial charge on any atom is -0.378 e. The van der Waals surface area contributed by atoms with Crippen LogP contribution in [0.3, 0.4) is 0 Å². The predicted octanol–water partition coefficient (Wildman–Crippen LogP) is 4.29.